The molecule has 1 aliphatic rings. The van der Waals surface area contributed by atoms with Gasteiger partial charge in [0.25, 0.3) is 0 Å². The summed E-state index contributed by atoms with van der Waals surface area (Å²) in [5, 5.41) is 22.2. The number of benzene rings is 2. The number of aromatic nitrogens is 1. The Bertz CT molecular complexity index is 842. The molecule has 2 unspecified atom stereocenters. The summed E-state index contributed by atoms with van der Waals surface area (Å²) in [6.07, 6.45) is -1.49. The van der Waals surface area contributed by atoms with Crippen molar-refractivity contribution in [1.29, 1.82) is 0 Å². The van der Waals surface area contributed by atoms with E-state index in [4.69, 9.17) is 0 Å². The van der Waals surface area contributed by atoms with Crippen molar-refractivity contribution >= 4 is 11.3 Å². The van der Waals surface area contributed by atoms with E-state index in [1.165, 1.54) is 11.3 Å². The normalized spacial score (nSPS) is 19.6. The van der Waals surface area contributed by atoms with Crippen LogP contribution in [0.15, 0.2) is 48.5 Å². The first-order chi connectivity index (χ1) is 10.7. The highest BCUT2D eigenvalue weighted by Crippen LogP contribution is 2.46. The van der Waals surface area contributed by atoms with Crippen LogP contribution in [-0.2, 0) is 0 Å². The predicted molar refractivity (Wildman–Crippen MR) is 86.9 cm³/mol. The number of thiazole rings is 1. The van der Waals surface area contributed by atoms with Gasteiger partial charge in [-0.05, 0) is 23.6 Å². The van der Waals surface area contributed by atoms with E-state index in [1.54, 1.807) is 0 Å². The van der Waals surface area contributed by atoms with E-state index in [-0.39, 0.29) is 0 Å². The summed E-state index contributed by atoms with van der Waals surface area (Å²) in [5.41, 5.74) is 4.14. The first-order valence-electron chi connectivity index (χ1n) is 7.18. The lowest BCUT2D eigenvalue weighted by Gasteiger charge is -2.26. The molecule has 0 fully saturated rings. The molecule has 0 spiro atoms. The van der Waals surface area contributed by atoms with Gasteiger partial charge in [-0.2, -0.15) is 0 Å². The largest absolute Gasteiger partial charge is 0.383 e. The van der Waals surface area contributed by atoms with Crippen molar-refractivity contribution < 1.29 is 10.2 Å². The molecule has 2 aromatic carbocycles. The Hall–Kier alpha value is -2.01. The van der Waals surface area contributed by atoms with Gasteiger partial charge >= 0.3 is 0 Å². The first kappa shape index (κ1) is 13.6. The van der Waals surface area contributed by atoms with E-state index < -0.39 is 12.2 Å². The zero-order valence-electron chi connectivity index (χ0n) is 12.0. The van der Waals surface area contributed by atoms with Crippen molar-refractivity contribution in [3.8, 4) is 10.6 Å². The Morgan fingerprint density at radius 2 is 1.73 bits per heavy atom. The van der Waals surface area contributed by atoms with Gasteiger partial charge < -0.3 is 10.2 Å². The van der Waals surface area contributed by atoms with Gasteiger partial charge in [0.1, 0.15) is 17.2 Å². The van der Waals surface area contributed by atoms with Crippen molar-refractivity contribution in [2.75, 3.05) is 0 Å². The number of aliphatic hydroxyl groups is 2. The second-order valence-electron chi connectivity index (χ2n) is 5.52. The summed E-state index contributed by atoms with van der Waals surface area (Å²) >= 11 is 1.45. The Morgan fingerprint density at radius 1 is 0.955 bits per heavy atom. The predicted octanol–water partition coefficient (Wildman–Crippen LogP) is 3.60. The van der Waals surface area contributed by atoms with Crippen molar-refractivity contribution in [2.24, 2.45) is 0 Å². The molecule has 0 radical (unpaired) electrons. The molecule has 0 aliphatic heterocycles. The zero-order valence-corrected chi connectivity index (χ0v) is 12.8. The third-order valence-corrected chi connectivity index (χ3v) is 5.31. The van der Waals surface area contributed by atoms with Crippen LogP contribution in [0.2, 0.25) is 0 Å². The number of hydrogen-bond acceptors (Lipinski definition) is 4. The Balaban J connectivity index is 1.89. The van der Waals surface area contributed by atoms with Crippen LogP contribution in [-0.4, -0.2) is 15.2 Å². The lowest BCUT2D eigenvalue weighted by atomic mass is 9.86. The van der Waals surface area contributed by atoms with Crippen LogP contribution in [0.25, 0.3) is 10.6 Å². The minimum Gasteiger partial charge on any atom is -0.383 e. The van der Waals surface area contributed by atoms with Gasteiger partial charge in [0, 0.05) is 5.56 Å². The summed E-state index contributed by atoms with van der Waals surface area (Å²) in [6.45, 7) is 1.96. The van der Waals surface area contributed by atoms with Crippen LogP contribution < -0.4 is 0 Å². The van der Waals surface area contributed by atoms with Crippen molar-refractivity contribution in [1.82, 2.24) is 4.98 Å². The molecule has 4 heteroatoms. The van der Waals surface area contributed by atoms with E-state index in [9.17, 15) is 10.2 Å². The number of hydrogen-bond donors (Lipinski definition) is 2. The second kappa shape index (κ2) is 5.02. The fourth-order valence-electron chi connectivity index (χ4n) is 3.03. The van der Waals surface area contributed by atoms with Gasteiger partial charge in [-0.1, -0.05) is 48.5 Å². The average molecular weight is 309 g/mol. The van der Waals surface area contributed by atoms with E-state index in [2.05, 4.69) is 4.98 Å². The van der Waals surface area contributed by atoms with Crippen molar-refractivity contribution in [2.45, 2.75) is 19.1 Å². The maximum atomic E-state index is 10.7. The number of aryl methyl sites for hydroxylation is 1. The van der Waals surface area contributed by atoms with E-state index in [0.717, 1.165) is 32.1 Å². The molecule has 1 aromatic heterocycles. The molecule has 0 saturated heterocycles. The van der Waals surface area contributed by atoms with Gasteiger partial charge in [-0.3, -0.25) is 0 Å². The molecule has 4 rings (SSSR count). The summed E-state index contributed by atoms with van der Waals surface area (Å²) in [6, 6.07) is 15.6. The Morgan fingerprint density at radius 3 is 2.50 bits per heavy atom. The van der Waals surface area contributed by atoms with E-state index in [0.29, 0.717) is 5.69 Å². The SMILES string of the molecule is Cc1cccc2c1C(O)c1sc(-c3ccccc3)nc1C2O. The fourth-order valence-corrected chi connectivity index (χ4v) is 4.13. The molecular weight excluding hydrogens is 294 g/mol. The van der Waals surface area contributed by atoms with Crippen LogP contribution >= 0.6 is 11.3 Å². The Kier molecular flexibility index (Phi) is 3.11. The summed E-state index contributed by atoms with van der Waals surface area (Å²) in [4.78, 5) is 5.33. The molecule has 22 heavy (non-hydrogen) atoms. The average Bonchev–Trinajstić information content (AvgIpc) is 2.99. The lowest BCUT2D eigenvalue weighted by Crippen LogP contribution is -2.17. The highest BCUT2D eigenvalue weighted by molar-refractivity contribution is 7.15. The monoisotopic (exact) mass is 309 g/mol. The molecule has 2 atom stereocenters. The Labute approximate surface area is 132 Å². The number of rotatable bonds is 1. The number of fused-ring (bicyclic) bond motifs is 2. The maximum absolute atomic E-state index is 10.7. The molecule has 0 bridgehead atoms. The van der Waals surface area contributed by atoms with Crippen LogP contribution in [0.1, 0.15) is 39.5 Å². The summed E-state index contributed by atoms with van der Waals surface area (Å²) in [5.74, 6) is 0. The highest BCUT2D eigenvalue weighted by atomic mass is 32.1. The zero-order chi connectivity index (χ0) is 15.3. The van der Waals surface area contributed by atoms with Crippen molar-refractivity contribution in [3.05, 3.63) is 75.8 Å². The molecule has 110 valence electrons. The van der Waals surface area contributed by atoms with Crippen LogP contribution in [0, 0.1) is 6.92 Å². The minimum absolute atomic E-state index is 0.578. The van der Waals surface area contributed by atoms with Gasteiger partial charge in [0.05, 0.1) is 10.6 Å². The van der Waals surface area contributed by atoms with E-state index in [1.807, 2.05) is 55.5 Å². The molecule has 3 nitrogen and oxygen atoms in total. The quantitative estimate of drug-likeness (QED) is 0.722. The molecular formula is C18H15NO2S. The van der Waals surface area contributed by atoms with Crippen LogP contribution in [0.4, 0.5) is 0 Å². The molecule has 0 amide bonds. The summed E-state index contributed by atoms with van der Waals surface area (Å²) in [7, 11) is 0. The smallest absolute Gasteiger partial charge is 0.124 e. The standard InChI is InChI=1S/C18H15NO2S/c1-10-6-5-9-12-13(10)16(21)17-14(15(12)20)19-18(22-17)11-7-3-2-4-8-11/h2-9,15-16,20-21H,1H3. The van der Waals surface area contributed by atoms with Gasteiger partial charge in [-0.25, -0.2) is 4.98 Å². The topological polar surface area (TPSA) is 53.4 Å². The van der Waals surface area contributed by atoms with Crippen LogP contribution in [0.3, 0.4) is 0 Å². The summed E-state index contributed by atoms with van der Waals surface area (Å²) < 4.78 is 0. The first-order valence-corrected chi connectivity index (χ1v) is 8.00. The van der Waals surface area contributed by atoms with Crippen molar-refractivity contribution in [3.63, 3.8) is 0 Å². The maximum Gasteiger partial charge on any atom is 0.124 e. The minimum atomic E-state index is -0.776. The van der Waals surface area contributed by atoms with Gasteiger partial charge in [0.15, 0.2) is 0 Å². The van der Waals surface area contributed by atoms with E-state index >= 15 is 0 Å². The second-order valence-corrected chi connectivity index (χ2v) is 6.55. The number of nitrogens with zero attached hydrogens (tertiary/aromatic N) is 1. The molecule has 3 aromatic rings. The molecule has 2 N–H and O–H groups in total. The highest BCUT2D eigenvalue weighted by Gasteiger charge is 2.34. The molecule has 0 saturated carbocycles. The fraction of sp³-hybridized carbons (Fsp3) is 0.167. The van der Waals surface area contributed by atoms with Gasteiger partial charge in [0.2, 0.25) is 0 Å². The molecule has 1 aliphatic carbocycles. The van der Waals surface area contributed by atoms with Crippen LogP contribution in [0.5, 0.6) is 0 Å². The third kappa shape index (κ3) is 1.92. The van der Waals surface area contributed by atoms with Gasteiger partial charge in [-0.15, -0.1) is 11.3 Å². The lowest BCUT2D eigenvalue weighted by molar-refractivity contribution is 0.172. The molecule has 1 heterocycles. The third-order valence-electron chi connectivity index (χ3n) is 4.14. The number of aliphatic hydroxyl groups excluding tert-OH is 2.